The molecule has 1 N–H and O–H groups in total. The highest BCUT2D eigenvalue weighted by molar-refractivity contribution is 5.69. The molecule has 2 aromatic heterocycles. The van der Waals surface area contributed by atoms with E-state index >= 15 is 0 Å². The first-order valence-corrected chi connectivity index (χ1v) is 8.93. The number of hydrogen-bond donors (Lipinski definition) is 1. The second kappa shape index (κ2) is 8.47. The predicted molar refractivity (Wildman–Crippen MR) is 101 cm³/mol. The van der Waals surface area contributed by atoms with Crippen molar-refractivity contribution in [3.05, 3.63) is 47.8 Å². The zero-order valence-corrected chi connectivity index (χ0v) is 16.4. The molecule has 0 fully saturated rings. The second-order valence-electron chi connectivity index (χ2n) is 7.28. The van der Waals surface area contributed by atoms with E-state index in [1.807, 2.05) is 0 Å². The van der Waals surface area contributed by atoms with E-state index in [-0.39, 0.29) is 22.9 Å². The number of carbonyl (C=O) groups excluding carboxylic acids is 1. The molecule has 8 nitrogen and oxygen atoms in total. The maximum atomic E-state index is 13.2. The van der Waals surface area contributed by atoms with E-state index < -0.39 is 24.1 Å². The molecule has 0 bridgehead atoms. The minimum atomic E-state index is -2.96. The summed E-state index contributed by atoms with van der Waals surface area (Å²) in [5.74, 6) is -0.543. The molecule has 3 rings (SSSR count). The summed E-state index contributed by atoms with van der Waals surface area (Å²) in [7, 11) is 0. The molecule has 0 aliphatic heterocycles. The van der Waals surface area contributed by atoms with E-state index in [2.05, 4.69) is 25.7 Å². The third kappa shape index (κ3) is 5.31. The number of rotatable bonds is 5. The van der Waals surface area contributed by atoms with Gasteiger partial charge in [0.2, 0.25) is 5.82 Å². The highest BCUT2D eigenvalue weighted by Crippen LogP contribution is 2.25. The Kier molecular flexibility index (Phi) is 5.99. The largest absolute Gasteiger partial charge is 0.444 e. The number of halogens is 3. The molecule has 11 heteroatoms. The third-order valence-corrected chi connectivity index (χ3v) is 3.76. The molecule has 1 aromatic carbocycles. The van der Waals surface area contributed by atoms with Gasteiger partial charge in [0.25, 0.3) is 0 Å². The average Bonchev–Trinajstić information content (AvgIpc) is 3.16. The Balaban J connectivity index is 1.94. The SMILES string of the molecule is CC(C)(C)OC(=O)NCc1ccc(-c2ccc(F)cc2)nc1-c1nnn(C(F)F)n1. The number of alkyl halides is 2. The number of nitrogens with one attached hydrogen (secondary N) is 1. The first kappa shape index (κ1) is 21.2. The number of carbonyl (C=O) groups is 1. The zero-order chi connectivity index (χ0) is 21.9. The van der Waals surface area contributed by atoms with Gasteiger partial charge in [0.1, 0.15) is 17.1 Å². The Morgan fingerprint density at radius 1 is 1.17 bits per heavy atom. The molecule has 0 atom stereocenters. The smallest absolute Gasteiger partial charge is 0.407 e. The normalized spacial score (nSPS) is 11.6. The Bertz CT molecular complexity index is 1030. The van der Waals surface area contributed by atoms with Crippen molar-refractivity contribution >= 4 is 6.09 Å². The van der Waals surface area contributed by atoms with Crippen LogP contribution in [0.1, 0.15) is 32.9 Å². The lowest BCUT2D eigenvalue weighted by Gasteiger charge is -2.20. The van der Waals surface area contributed by atoms with Crippen molar-refractivity contribution in [1.29, 1.82) is 0 Å². The Labute approximate surface area is 170 Å². The molecular weight excluding hydrogens is 401 g/mol. The van der Waals surface area contributed by atoms with E-state index in [9.17, 15) is 18.0 Å². The molecule has 0 radical (unpaired) electrons. The molecule has 0 aliphatic rings. The number of ether oxygens (including phenoxy) is 1. The maximum absolute atomic E-state index is 13.2. The van der Waals surface area contributed by atoms with Gasteiger partial charge in [-0.2, -0.15) is 8.78 Å². The van der Waals surface area contributed by atoms with Crippen molar-refractivity contribution < 1.29 is 22.7 Å². The van der Waals surface area contributed by atoms with Crippen LogP contribution in [0.5, 0.6) is 0 Å². The second-order valence-corrected chi connectivity index (χ2v) is 7.28. The summed E-state index contributed by atoms with van der Waals surface area (Å²) in [6, 6.07) is 8.91. The monoisotopic (exact) mass is 420 g/mol. The van der Waals surface area contributed by atoms with Gasteiger partial charge in [-0.1, -0.05) is 10.9 Å². The van der Waals surface area contributed by atoms with Crippen LogP contribution in [0.2, 0.25) is 0 Å². The molecule has 158 valence electrons. The van der Waals surface area contributed by atoms with Gasteiger partial charge in [-0.05, 0) is 56.3 Å². The summed E-state index contributed by atoms with van der Waals surface area (Å²) < 4.78 is 44.1. The van der Waals surface area contributed by atoms with Crippen molar-refractivity contribution in [2.24, 2.45) is 0 Å². The minimum absolute atomic E-state index is 0.00976. The summed E-state index contributed by atoms with van der Waals surface area (Å²) in [5.41, 5.74) is 0.976. The number of pyridine rings is 1. The lowest BCUT2D eigenvalue weighted by Crippen LogP contribution is -2.32. The lowest BCUT2D eigenvalue weighted by molar-refractivity contribution is 0.0397. The molecule has 3 aromatic rings. The van der Waals surface area contributed by atoms with Crippen molar-refractivity contribution in [3.63, 3.8) is 0 Å². The minimum Gasteiger partial charge on any atom is -0.444 e. The highest BCUT2D eigenvalue weighted by atomic mass is 19.3. The number of nitrogens with zero attached hydrogens (tertiary/aromatic N) is 5. The van der Waals surface area contributed by atoms with Crippen LogP contribution in [0.25, 0.3) is 22.8 Å². The van der Waals surface area contributed by atoms with Crippen LogP contribution in [0, 0.1) is 5.82 Å². The van der Waals surface area contributed by atoms with E-state index in [1.54, 1.807) is 32.9 Å². The maximum Gasteiger partial charge on any atom is 0.407 e. The molecule has 2 heterocycles. The van der Waals surface area contributed by atoms with Gasteiger partial charge < -0.3 is 10.1 Å². The van der Waals surface area contributed by atoms with Gasteiger partial charge in [-0.25, -0.2) is 14.2 Å². The lowest BCUT2D eigenvalue weighted by atomic mass is 10.1. The van der Waals surface area contributed by atoms with Gasteiger partial charge in [0, 0.05) is 17.7 Å². The van der Waals surface area contributed by atoms with E-state index in [1.165, 1.54) is 24.3 Å². The van der Waals surface area contributed by atoms with E-state index in [4.69, 9.17) is 4.74 Å². The van der Waals surface area contributed by atoms with Crippen LogP contribution >= 0.6 is 0 Å². The number of tetrazole rings is 1. The standard InChI is InChI=1S/C19H19F3N6O2/c1-19(2,3)30-18(29)23-10-12-6-9-14(11-4-7-13(20)8-5-11)24-15(12)16-25-27-28(26-16)17(21)22/h4-9,17H,10H2,1-3H3,(H,23,29). The summed E-state index contributed by atoms with van der Waals surface area (Å²) >= 11 is 0. The number of aromatic nitrogens is 5. The van der Waals surface area contributed by atoms with Crippen LogP contribution in [0.3, 0.4) is 0 Å². The van der Waals surface area contributed by atoms with Crippen LogP contribution in [-0.4, -0.2) is 36.9 Å². The first-order chi connectivity index (χ1) is 14.1. The molecule has 0 aliphatic carbocycles. The van der Waals surface area contributed by atoms with Gasteiger partial charge in [-0.15, -0.1) is 10.2 Å². The molecule has 0 unspecified atom stereocenters. The Morgan fingerprint density at radius 2 is 1.87 bits per heavy atom. The fourth-order valence-electron chi connectivity index (χ4n) is 2.49. The molecule has 0 spiro atoms. The number of hydrogen-bond acceptors (Lipinski definition) is 6. The summed E-state index contributed by atoms with van der Waals surface area (Å²) in [6.45, 7) is 2.20. The predicted octanol–water partition coefficient (Wildman–Crippen LogP) is 3.96. The van der Waals surface area contributed by atoms with Crippen molar-refractivity contribution in [2.45, 2.75) is 39.5 Å². The third-order valence-electron chi connectivity index (χ3n) is 3.76. The van der Waals surface area contributed by atoms with Crippen LogP contribution in [0.15, 0.2) is 36.4 Å². The average molecular weight is 420 g/mol. The fraction of sp³-hybridized carbons (Fsp3) is 0.316. The number of benzene rings is 1. The summed E-state index contributed by atoms with van der Waals surface area (Å²) in [5, 5.41) is 13.2. The van der Waals surface area contributed by atoms with Crippen LogP contribution in [-0.2, 0) is 11.3 Å². The molecule has 1 amide bonds. The quantitative estimate of drug-likeness (QED) is 0.671. The first-order valence-electron chi connectivity index (χ1n) is 8.93. The number of amides is 1. The summed E-state index contributed by atoms with van der Waals surface area (Å²) in [6.07, 6.45) is -0.653. The number of alkyl carbamates (subject to hydrolysis) is 1. The van der Waals surface area contributed by atoms with E-state index in [0.717, 1.165) is 0 Å². The van der Waals surface area contributed by atoms with Crippen LogP contribution in [0.4, 0.5) is 18.0 Å². The van der Waals surface area contributed by atoms with Crippen LogP contribution < -0.4 is 5.32 Å². The topological polar surface area (TPSA) is 94.8 Å². The molecule has 0 saturated carbocycles. The molecular formula is C19H19F3N6O2. The highest BCUT2D eigenvalue weighted by Gasteiger charge is 2.20. The molecule has 30 heavy (non-hydrogen) atoms. The van der Waals surface area contributed by atoms with Gasteiger partial charge in [0.05, 0.1) is 5.69 Å². The fourth-order valence-corrected chi connectivity index (χ4v) is 2.49. The summed E-state index contributed by atoms with van der Waals surface area (Å²) in [4.78, 5) is 16.5. The molecule has 0 saturated heterocycles. The zero-order valence-electron chi connectivity index (χ0n) is 16.4. The van der Waals surface area contributed by atoms with Crippen molar-refractivity contribution in [2.75, 3.05) is 0 Å². The Morgan fingerprint density at radius 3 is 2.47 bits per heavy atom. The Hall–Kier alpha value is -3.50. The van der Waals surface area contributed by atoms with Gasteiger partial charge >= 0.3 is 12.6 Å². The van der Waals surface area contributed by atoms with Gasteiger partial charge in [0.15, 0.2) is 0 Å². The van der Waals surface area contributed by atoms with E-state index in [0.29, 0.717) is 16.8 Å². The van der Waals surface area contributed by atoms with Gasteiger partial charge in [-0.3, -0.25) is 0 Å². The van der Waals surface area contributed by atoms with Crippen molar-refractivity contribution in [3.8, 4) is 22.8 Å². The van der Waals surface area contributed by atoms with Crippen molar-refractivity contribution in [1.82, 2.24) is 30.5 Å².